The standard InChI is InChI=1S/C15H19BrFN3O3/c1-2-18-15(22)20-7-5-19(6-8-20)14(21)10-23-13-4-3-11(16)9-12(13)17/h3-4,9H,2,5-8,10H2,1H3,(H,18,22). The Labute approximate surface area is 142 Å². The maximum absolute atomic E-state index is 13.6. The van der Waals surface area contributed by atoms with E-state index in [9.17, 15) is 14.0 Å². The van der Waals surface area contributed by atoms with Crippen molar-refractivity contribution in [3.05, 3.63) is 28.5 Å². The maximum Gasteiger partial charge on any atom is 0.317 e. The Balaban J connectivity index is 1.80. The second-order valence-corrected chi connectivity index (χ2v) is 5.98. The number of carbonyl (C=O) groups is 2. The number of benzene rings is 1. The van der Waals surface area contributed by atoms with Crippen LogP contribution in [0.25, 0.3) is 0 Å². The predicted octanol–water partition coefficient (Wildman–Crippen LogP) is 1.84. The van der Waals surface area contributed by atoms with Crippen LogP contribution in [0.15, 0.2) is 22.7 Å². The molecule has 1 fully saturated rings. The van der Waals surface area contributed by atoms with Gasteiger partial charge in [-0.3, -0.25) is 4.79 Å². The zero-order valence-electron chi connectivity index (χ0n) is 12.8. The molecule has 0 aliphatic carbocycles. The second kappa shape index (κ2) is 8.14. The van der Waals surface area contributed by atoms with Crippen LogP contribution < -0.4 is 10.1 Å². The summed E-state index contributed by atoms with van der Waals surface area (Å²) in [6.07, 6.45) is 0. The molecule has 126 valence electrons. The number of ether oxygens (including phenoxy) is 1. The van der Waals surface area contributed by atoms with Crippen molar-refractivity contribution < 1.29 is 18.7 Å². The summed E-state index contributed by atoms with van der Waals surface area (Å²) in [5, 5.41) is 2.73. The lowest BCUT2D eigenvalue weighted by Crippen LogP contribution is -2.53. The minimum atomic E-state index is -0.520. The fourth-order valence-electron chi connectivity index (χ4n) is 2.25. The molecule has 1 aliphatic rings. The van der Waals surface area contributed by atoms with E-state index in [0.717, 1.165) is 0 Å². The van der Waals surface area contributed by atoms with Crippen LogP contribution in [-0.2, 0) is 4.79 Å². The van der Waals surface area contributed by atoms with E-state index in [-0.39, 0.29) is 24.3 Å². The molecule has 0 aromatic heterocycles. The zero-order valence-corrected chi connectivity index (χ0v) is 14.4. The summed E-state index contributed by atoms with van der Waals surface area (Å²) in [4.78, 5) is 27.1. The third-order valence-corrected chi connectivity index (χ3v) is 3.99. The van der Waals surface area contributed by atoms with Gasteiger partial charge in [-0.25, -0.2) is 9.18 Å². The summed E-state index contributed by atoms with van der Waals surface area (Å²) >= 11 is 3.16. The van der Waals surface area contributed by atoms with Crippen LogP contribution >= 0.6 is 15.9 Å². The molecule has 1 heterocycles. The molecule has 0 radical (unpaired) electrons. The molecule has 23 heavy (non-hydrogen) atoms. The highest BCUT2D eigenvalue weighted by molar-refractivity contribution is 9.10. The summed E-state index contributed by atoms with van der Waals surface area (Å²) in [6.45, 7) is 4.05. The van der Waals surface area contributed by atoms with Gasteiger partial charge >= 0.3 is 6.03 Å². The van der Waals surface area contributed by atoms with Crippen molar-refractivity contribution in [2.24, 2.45) is 0 Å². The number of nitrogens with one attached hydrogen (secondary N) is 1. The molecule has 0 unspecified atom stereocenters. The fourth-order valence-corrected chi connectivity index (χ4v) is 2.58. The number of urea groups is 1. The first kappa shape index (κ1) is 17.5. The SMILES string of the molecule is CCNC(=O)N1CCN(C(=O)COc2ccc(Br)cc2F)CC1. The Hall–Kier alpha value is -1.83. The number of carbonyl (C=O) groups excluding carboxylic acids is 2. The number of nitrogens with zero attached hydrogens (tertiary/aromatic N) is 2. The zero-order chi connectivity index (χ0) is 16.8. The van der Waals surface area contributed by atoms with Crippen LogP contribution in [-0.4, -0.2) is 61.1 Å². The van der Waals surface area contributed by atoms with E-state index >= 15 is 0 Å². The largest absolute Gasteiger partial charge is 0.481 e. The van der Waals surface area contributed by atoms with Crippen LogP contribution in [0, 0.1) is 5.82 Å². The molecule has 1 aliphatic heterocycles. The first-order valence-corrected chi connectivity index (χ1v) is 8.19. The Bertz CT molecular complexity index is 577. The van der Waals surface area contributed by atoms with Crippen molar-refractivity contribution in [3.63, 3.8) is 0 Å². The average Bonchev–Trinajstić information content (AvgIpc) is 2.54. The van der Waals surface area contributed by atoms with Gasteiger partial charge < -0.3 is 19.9 Å². The second-order valence-electron chi connectivity index (χ2n) is 5.07. The summed E-state index contributed by atoms with van der Waals surface area (Å²) in [5.41, 5.74) is 0. The quantitative estimate of drug-likeness (QED) is 0.857. The molecule has 1 N–H and O–H groups in total. The molecule has 1 saturated heterocycles. The van der Waals surface area contributed by atoms with E-state index in [2.05, 4.69) is 21.2 Å². The van der Waals surface area contributed by atoms with E-state index in [1.165, 1.54) is 12.1 Å². The van der Waals surface area contributed by atoms with Gasteiger partial charge in [0.15, 0.2) is 18.2 Å². The summed E-state index contributed by atoms with van der Waals surface area (Å²) in [7, 11) is 0. The first-order chi connectivity index (χ1) is 11.0. The van der Waals surface area contributed by atoms with Crippen molar-refractivity contribution in [1.29, 1.82) is 0 Å². The van der Waals surface area contributed by atoms with Crippen LogP contribution in [0.1, 0.15) is 6.92 Å². The lowest BCUT2D eigenvalue weighted by Gasteiger charge is -2.34. The molecule has 0 saturated carbocycles. The van der Waals surface area contributed by atoms with Crippen molar-refractivity contribution in [3.8, 4) is 5.75 Å². The summed E-state index contributed by atoms with van der Waals surface area (Å²) in [5.74, 6) is -0.696. The summed E-state index contributed by atoms with van der Waals surface area (Å²) in [6, 6.07) is 4.28. The van der Waals surface area contributed by atoms with Gasteiger partial charge in [-0.15, -0.1) is 0 Å². The highest BCUT2D eigenvalue weighted by Gasteiger charge is 2.24. The van der Waals surface area contributed by atoms with E-state index in [1.807, 2.05) is 6.92 Å². The van der Waals surface area contributed by atoms with Gasteiger partial charge in [0.1, 0.15) is 0 Å². The van der Waals surface area contributed by atoms with Gasteiger partial charge in [-0.1, -0.05) is 15.9 Å². The van der Waals surface area contributed by atoms with Crippen molar-refractivity contribution in [1.82, 2.24) is 15.1 Å². The Morgan fingerprint density at radius 3 is 2.52 bits per heavy atom. The lowest BCUT2D eigenvalue weighted by atomic mass is 10.3. The summed E-state index contributed by atoms with van der Waals surface area (Å²) < 4.78 is 19.5. The maximum atomic E-state index is 13.6. The fraction of sp³-hybridized carbons (Fsp3) is 0.467. The molecule has 1 aromatic rings. The normalized spacial score (nSPS) is 14.6. The van der Waals surface area contributed by atoms with Crippen molar-refractivity contribution in [2.45, 2.75) is 6.92 Å². The third-order valence-electron chi connectivity index (χ3n) is 3.49. The van der Waals surface area contributed by atoms with E-state index in [4.69, 9.17) is 4.74 Å². The number of halogens is 2. The highest BCUT2D eigenvalue weighted by atomic mass is 79.9. The predicted molar refractivity (Wildman–Crippen MR) is 86.8 cm³/mol. The van der Waals surface area contributed by atoms with Crippen molar-refractivity contribution in [2.75, 3.05) is 39.3 Å². The minimum Gasteiger partial charge on any atom is -0.481 e. The van der Waals surface area contributed by atoms with Crippen LogP contribution in [0.2, 0.25) is 0 Å². The van der Waals surface area contributed by atoms with Gasteiger partial charge in [-0.2, -0.15) is 0 Å². The lowest BCUT2D eigenvalue weighted by molar-refractivity contribution is -0.134. The molecule has 0 atom stereocenters. The smallest absolute Gasteiger partial charge is 0.317 e. The molecule has 0 bridgehead atoms. The third kappa shape index (κ3) is 4.82. The molecule has 6 nitrogen and oxygen atoms in total. The van der Waals surface area contributed by atoms with Gasteiger partial charge in [0.05, 0.1) is 0 Å². The van der Waals surface area contributed by atoms with Gasteiger partial charge in [0.2, 0.25) is 0 Å². The van der Waals surface area contributed by atoms with Gasteiger partial charge in [0.25, 0.3) is 5.91 Å². The topological polar surface area (TPSA) is 61.9 Å². The first-order valence-electron chi connectivity index (χ1n) is 7.39. The van der Waals surface area contributed by atoms with Crippen LogP contribution in [0.5, 0.6) is 5.75 Å². The molecule has 0 spiro atoms. The Morgan fingerprint density at radius 2 is 1.91 bits per heavy atom. The highest BCUT2D eigenvalue weighted by Crippen LogP contribution is 2.21. The molecule has 8 heteroatoms. The van der Waals surface area contributed by atoms with Crippen molar-refractivity contribution >= 4 is 27.9 Å². The minimum absolute atomic E-state index is 0.0440. The van der Waals surface area contributed by atoms with E-state index in [0.29, 0.717) is 37.2 Å². The van der Waals surface area contributed by atoms with Gasteiger partial charge in [0, 0.05) is 37.2 Å². The average molecular weight is 388 g/mol. The number of hydrogen-bond donors (Lipinski definition) is 1. The Morgan fingerprint density at radius 1 is 1.26 bits per heavy atom. The number of rotatable bonds is 4. The molecule has 3 amide bonds. The number of hydrogen-bond acceptors (Lipinski definition) is 3. The molecule has 2 rings (SSSR count). The molecular formula is C15H19BrFN3O3. The Kier molecular flexibility index (Phi) is 6.20. The number of amides is 3. The van der Waals surface area contributed by atoms with E-state index in [1.54, 1.807) is 15.9 Å². The number of piperazine rings is 1. The van der Waals surface area contributed by atoms with E-state index < -0.39 is 5.82 Å². The van der Waals surface area contributed by atoms with Crippen LogP contribution in [0.3, 0.4) is 0 Å². The monoisotopic (exact) mass is 387 g/mol. The molecular weight excluding hydrogens is 369 g/mol. The van der Waals surface area contributed by atoms with Crippen LogP contribution in [0.4, 0.5) is 9.18 Å². The molecule has 1 aromatic carbocycles. The van der Waals surface area contributed by atoms with Gasteiger partial charge in [-0.05, 0) is 25.1 Å².